The molecule has 5 nitrogen and oxygen atoms in total. The SMILES string of the molecule is Clc1ccc(Oc2nc3nc[nH]c3c[nH+]2)cc1Cl. The maximum Gasteiger partial charge on any atom is 0.503 e. The Balaban J connectivity index is 1.92. The van der Waals surface area contributed by atoms with Crippen molar-refractivity contribution in [2.45, 2.75) is 0 Å². The van der Waals surface area contributed by atoms with Gasteiger partial charge in [-0.1, -0.05) is 23.2 Å². The molecule has 2 heterocycles. The van der Waals surface area contributed by atoms with Crippen LogP contribution in [0.2, 0.25) is 10.0 Å². The van der Waals surface area contributed by atoms with E-state index in [1.54, 1.807) is 30.7 Å². The van der Waals surface area contributed by atoms with Crippen molar-refractivity contribution < 1.29 is 9.72 Å². The summed E-state index contributed by atoms with van der Waals surface area (Å²) in [6.45, 7) is 0. The third kappa shape index (κ3) is 2.10. The molecule has 0 radical (unpaired) electrons. The second-order valence-corrected chi connectivity index (χ2v) is 4.34. The number of fused-ring (bicyclic) bond motifs is 1. The second kappa shape index (κ2) is 4.44. The fraction of sp³-hybridized carbons (Fsp3) is 0. The third-order valence-corrected chi connectivity index (χ3v) is 3.04. The monoisotopic (exact) mass is 281 g/mol. The number of benzene rings is 1. The summed E-state index contributed by atoms with van der Waals surface area (Å²) in [5, 5.41) is 0.902. The lowest BCUT2D eigenvalue weighted by Gasteiger charge is -2.00. The van der Waals surface area contributed by atoms with Gasteiger partial charge in [0.05, 0.1) is 16.4 Å². The van der Waals surface area contributed by atoms with Gasteiger partial charge in [-0.25, -0.2) is 4.98 Å². The van der Waals surface area contributed by atoms with E-state index < -0.39 is 0 Å². The molecule has 2 N–H and O–H groups in total. The maximum absolute atomic E-state index is 5.90. The number of imidazole rings is 1. The first-order chi connectivity index (χ1) is 8.72. The lowest BCUT2D eigenvalue weighted by molar-refractivity contribution is -0.394. The van der Waals surface area contributed by atoms with E-state index in [4.69, 9.17) is 27.9 Å². The first kappa shape index (κ1) is 11.3. The summed E-state index contributed by atoms with van der Waals surface area (Å²) >= 11 is 11.7. The van der Waals surface area contributed by atoms with Crippen molar-refractivity contribution in [3.63, 3.8) is 0 Å². The molecular weight excluding hydrogens is 275 g/mol. The van der Waals surface area contributed by atoms with Crippen LogP contribution < -0.4 is 9.72 Å². The van der Waals surface area contributed by atoms with Crippen LogP contribution in [0.3, 0.4) is 0 Å². The molecule has 1 aromatic carbocycles. The molecule has 0 spiro atoms. The molecule has 0 saturated heterocycles. The van der Waals surface area contributed by atoms with Gasteiger partial charge in [0.25, 0.3) is 5.65 Å². The Kier molecular flexibility index (Phi) is 2.77. The Bertz CT molecular complexity index is 713. The highest BCUT2D eigenvalue weighted by molar-refractivity contribution is 6.42. The number of hydrogen-bond acceptors (Lipinski definition) is 3. The predicted molar refractivity (Wildman–Crippen MR) is 67.0 cm³/mol. The highest BCUT2D eigenvalue weighted by atomic mass is 35.5. The Morgan fingerprint density at radius 3 is 2.94 bits per heavy atom. The van der Waals surface area contributed by atoms with Crippen LogP contribution in [0.25, 0.3) is 11.2 Å². The van der Waals surface area contributed by atoms with Crippen molar-refractivity contribution in [2.75, 3.05) is 0 Å². The van der Waals surface area contributed by atoms with Gasteiger partial charge in [0.15, 0.2) is 5.52 Å². The van der Waals surface area contributed by atoms with Crippen molar-refractivity contribution in [2.24, 2.45) is 0 Å². The summed E-state index contributed by atoms with van der Waals surface area (Å²) in [6.07, 6.45) is 3.29. The van der Waals surface area contributed by atoms with Crippen LogP contribution >= 0.6 is 23.2 Å². The zero-order valence-electron chi connectivity index (χ0n) is 8.95. The van der Waals surface area contributed by atoms with Crippen molar-refractivity contribution in [3.05, 3.63) is 40.8 Å². The molecule has 3 rings (SSSR count). The Morgan fingerprint density at radius 1 is 1.22 bits per heavy atom. The molecule has 0 aliphatic rings. The fourth-order valence-electron chi connectivity index (χ4n) is 1.46. The van der Waals surface area contributed by atoms with Gasteiger partial charge < -0.3 is 9.72 Å². The topological polar surface area (TPSA) is 64.9 Å². The lowest BCUT2D eigenvalue weighted by Crippen LogP contribution is -2.08. The van der Waals surface area contributed by atoms with Crippen LogP contribution in [0.15, 0.2) is 30.7 Å². The normalized spacial score (nSPS) is 10.8. The number of aromatic nitrogens is 4. The highest BCUT2D eigenvalue weighted by Gasteiger charge is 2.13. The standard InChI is InChI=1S/C11H6Cl2N4O/c12-7-2-1-6(3-8(7)13)18-11-14-4-9-10(17-11)16-5-15-9/h1-5H,(H,14,15,16,17)/p+1. The molecule has 3 aromatic rings. The molecule has 0 fully saturated rings. The van der Waals surface area contributed by atoms with Gasteiger partial charge in [-0.05, 0) is 12.1 Å². The molecule has 0 saturated carbocycles. The van der Waals surface area contributed by atoms with Crippen LogP contribution in [0, 0.1) is 0 Å². The van der Waals surface area contributed by atoms with Crippen LogP contribution in [-0.4, -0.2) is 15.0 Å². The average molecular weight is 282 g/mol. The van der Waals surface area contributed by atoms with Crippen LogP contribution in [-0.2, 0) is 0 Å². The maximum atomic E-state index is 5.90. The first-order valence-corrected chi connectivity index (χ1v) is 5.83. The molecule has 0 aliphatic carbocycles. The van der Waals surface area contributed by atoms with Gasteiger partial charge in [0, 0.05) is 11.1 Å². The zero-order chi connectivity index (χ0) is 12.5. The second-order valence-electron chi connectivity index (χ2n) is 3.52. The average Bonchev–Trinajstić information content (AvgIpc) is 2.81. The van der Waals surface area contributed by atoms with Gasteiger partial charge in [0.2, 0.25) is 0 Å². The Morgan fingerprint density at radius 2 is 2.11 bits per heavy atom. The fourth-order valence-corrected chi connectivity index (χ4v) is 1.75. The molecule has 0 amide bonds. The number of aromatic amines is 2. The van der Waals surface area contributed by atoms with Crippen LogP contribution in [0.4, 0.5) is 0 Å². The molecular formula is C11H7Cl2N4O+. The minimum Gasteiger partial charge on any atom is -0.389 e. The predicted octanol–water partition coefficient (Wildman–Crippen LogP) is 2.87. The summed E-state index contributed by atoms with van der Waals surface area (Å²) in [7, 11) is 0. The van der Waals surface area contributed by atoms with E-state index in [-0.39, 0.29) is 0 Å². The van der Waals surface area contributed by atoms with Crippen LogP contribution in [0.1, 0.15) is 0 Å². The molecule has 2 aromatic heterocycles. The molecule has 7 heteroatoms. The van der Waals surface area contributed by atoms with Crippen molar-refractivity contribution in [1.82, 2.24) is 15.0 Å². The van der Waals surface area contributed by atoms with E-state index in [1.165, 1.54) is 0 Å². The van der Waals surface area contributed by atoms with E-state index in [2.05, 4.69) is 19.9 Å². The molecule has 0 bridgehead atoms. The zero-order valence-corrected chi connectivity index (χ0v) is 10.5. The van der Waals surface area contributed by atoms with E-state index in [9.17, 15) is 0 Å². The first-order valence-electron chi connectivity index (χ1n) is 5.07. The smallest absolute Gasteiger partial charge is 0.389 e. The molecule has 0 unspecified atom stereocenters. The number of ether oxygens (including phenoxy) is 1. The van der Waals surface area contributed by atoms with Gasteiger partial charge in [-0.15, -0.1) is 0 Å². The largest absolute Gasteiger partial charge is 0.503 e. The van der Waals surface area contributed by atoms with Gasteiger partial charge in [-0.3, -0.25) is 0 Å². The Hall–Kier alpha value is -1.85. The Labute approximate surface area is 112 Å². The number of rotatable bonds is 2. The highest BCUT2D eigenvalue weighted by Crippen LogP contribution is 2.27. The summed E-state index contributed by atoms with van der Waals surface area (Å²) in [5.74, 6) is 0.544. The van der Waals surface area contributed by atoms with Crippen molar-refractivity contribution in [1.29, 1.82) is 0 Å². The van der Waals surface area contributed by atoms with Crippen LogP contribution in [0.5, 0.6) is 11.8 Å². The quantitative estimate of drug-likeness (QED) is 0.786. The number of halogens is 2. The molecule has 0 atom stereocenters. The van der Waals surface area contributed by atoms with E-state index in [0.29, 0.717) is 27.5 Å². The number of nitrogens with one attached hydrogen (secondary N) is 2. The summed E-state index contributed by atoms with van der Waals surface area (Å²) in [6, 6.07) is 5.31. The molecule has 0 aliphatic heterocycles. The minimum absolute atomic E-state index is 0.327. The summed E-state index contributed by atoms with van der Waals surface area (Å²) in [4.78, 5) is 14.1. The molecule has 90 valence electrons. The summed E-state index contributed by atoms with van der Waals surface area (Å²) in [5.41, 5.74) is 1.38. The lowest BCUT2D eigenvalue weighted by atomic mass is 10.3. The third-order valence-electron chi connectivity index (χ3n) is 2.30. The summed E-state index contributed by atoms with van der Waals surface area (Å²) < 4.78 is 5.53. The van der Waals surface area contributed by atoms with Gasteiger partial charge >= 0.3 is 6.01 Å². The van der Waals surface area contributed by atoms with E-state index in [0.717, 1.165) is 5.52 Å². The van der Waals surface area contributed by atoms with E-state index >= 15 is 0 Å². The van der Waals surface area contributed by atoms with Crippen molar-refractivity contribution >= 4 is 34.4 Å². The van der Waals surface area contributed by atoms with Gasteiger partial charge in [0.1, 0.15) is 11.9 Å². The molecule has 18 heavy (non-hydrogen) atoms. The van der Waals surface area contributed by atoms with Gasteiger partial charge in [-0.2, -0.15) is 4.98 Å². The van der Waals surface area contributed by atoms with Crippen molar-refractivity contribution in [3.8, 4) is 11.8 Å². The number of H-pyrrole nitrogens is 2. The number of hydrogen-bond donors (Lipinski definition) is 1. The van der Waals surface area contributed by atoms with E-state index in [1.807, 2.05) is 0 Å². The number of nitrogens with zero attached hydrogens (tertiary/aromatic N) is 2. The minimum atomic E-state index is 0.327.